The monoisotopic (exact) mass is 315 g/mol. The molecular weight excluding hydrogens is 294 g/mol. The van der Waals surface area contributed by atoms with E-state index in [1.165, 1.54) is 4.31 Å². The molecule has 5 nitrogen and oxygen atoms in total. The maximum absolute atomic E-state index is 12.5. The summed E-state index contributed by atoms with van der Waals surface area (Å²) in [6.45, 7) is 2.85. The van der Waals surface area contributed by atoms with E-state index in [1.807, 2.05) is 19.0 Å². The summed E-state index contributed by atoms with van der Waals surface area (Å²) in [7, 11) is 1.91. The summed E-state index contributed by atoms with van der Waals surface area (Å²) in [6, 6.07) is 4.91. The molecule has 0 atom stereocenters. The summed E-state index contributed by atoms with van der Waals surface area (Å²) in [4.78, 5) is 2.49. The third kappa shape index (κ3) is 3.99. The van der Waals surface area contributed by atoms with Crippen molar-refractivity contribution in [3.63, 3.8) is 0 Å². The highest BCUT2D eigenvalue weighted by Crippen LogP contribution is 2.20. The van der Waals surface area contributed by atoms with Gasteiger partial charge in [-0.3, -0.25) is 0 Å². The summed E-state index contributed by atoms with van der Waals surface area (Å²) < 4.78 is 26.3. The van der Waals surface area contributed by atoms with Crippen LogP contribution >= 0.6 is 12.2 Å². The first kappa shape index (κ1) is 17.0. The lowest BCUT2D eigenvalue weighted by Crippen LogP contribution is -2.33. The van der Waals surface area contributed by atoms with Crippen molar-refractivity contribution in [2.75, 3.05) is 34.2 Å². The summed E-state index contributed by atoms with van der Waals surface area (Å²) in [5, 5.41) is 0. The second-order valence-corrected chi connectivity index (χ2v) is 7.43. The first-order valence-corrected chi connectivity index (χ1v) is 8.02. The van der Waals surface area contributed by atoms with Crippen molar-refractivity contribution in [1.82, 2.24) is 9.21 Å². The Morgan fingerprint density at radius 1 is 1.25 bits per heavy atom. The minimum absolute atomic E-state index is 0.262. The average Bonchev–Trinajstić information content (AvgIpc) is 2.35. The maximum atomic E-state index is 12.5. The number of aryl methyl sites for hydroxylation is 1. The molecule has 0 bridgehead atoms. The zero-order chi connectivity index (χ0) is 15.5. The van der Waals surface area contributed by atoms with Crippen molar-refractivity contribution in [2.45, 2.75) is 11.8 Å². The standard InChI is InChI=1S/C13H21N3O2S2/c1-10-9-11(13(14)19)5-6-12(10)20(17,18)16(4)8-7-15(2)3/h5-6,9H,7-8H2,1-4H3,(H2,14,19). The third-order valence-corrected chi connectivity index (χ3v) is 5.26. The molecule has 7 heteroatoms. The van der Waals surface area contributed by atoms with Crippen molar-refractivity contribution >= 4 is 27.2 Å². The Kier molecular flexibility index (Phi) is 5.64. The van der Waals surface area contributed by atoms with E-state index in [4.69, 9.17) is 18.0 Å². The van der Waals surface area contributed by atoms with E-state index < -0.39 is 10.0 Å². The minimum Gasteiger partial charge on any atom is -0.389 e. The van der Waals surface area contributed by atoms with E-state index in [9.17, 15) is 8.42 Å². The first-order chi connectivity index (χ1) is 9.16. The molecule has 20 heavy (non-hydrogen) atoms. The van der Waals surface area contributed by atoms with Crippen LogP contribution in [0.15, 0.2) is 23.1 Å². The number of hydrogen-bond acceptors (Lipinski definition) is 4. The number of hydrogen-bond donors (Lipinski definition) is 1. The third-order valence-electron chi connectivity index (χ3n) is 3.01. The number of nitrogens with two attached hydrogens (primary N) is 1. The highest BCUT2D eigenvalue weighted by Gasteiger charge is 2.22. The minimum atomic E-state index is -3.49. The van der Waals surface area contributed by atoms with Crippen LogP contribution in [0.1, 0.15) is 11.1 Å². The molecule has 0 unspecified atom stereocenters. The van der Waals surface area contributed by atoms with E-state index in [0.29, 0.717) is 29.1 Å². The van der Waals surface area contributed by atoms with Gasteiger partial charge < -0.3 is 10.6 Å². The second-order valence-electron chi connectivity index (χ2n) is 4.97. The molecule has 0 aliphatic rings. The van der Waals surface area contributed by atoms with Crippen LogP contribution in [0.25, 0.3) is 0 Å². The molecule has 0 saturated carbocycles. The van der Waals surface area contributed by atoms with Gasteiger partial charge in [0.1, 0.15) is 4.99 Å². The Morgan fingerprint density at radius 3 is 2.30 bits per heavy atom. The highest BCUT2D eigenvalue weighted by atomic mass is 32.2. The van der Waals surface area contributed by atoms with E-state index in [-0.39, 0.29) is 4.99 Å². The fourth-order valence-electron chi connectivity index (χ4n) is 1.72. The van der Waals surface area contributed by atoms with Gasteiger partial charge in [0.15, 0.2) is 0 Å². The lowest BCUT2D eigenvalue weighted by Gasteiger charge is -2.20. The van der Waals surface area contributed by atoms with Crippen LogP contribution in [0.2, 0.25) is 0 Å². The zero-order valence-corrected chi connectivity index (χ0v) is 13.9. The summed E-state index contributed by atoms with van der Waals surface area (Å²) >= 11 is 4.89. The SMILES string of the molecule is Cc1cc(C(N)=S)ccc1S(=O)(=O)N(C)CCN(C)C. The Labute approximate surface area is 126 Å². The zero-order valence-electron chi connectivity index (χ0n) is 12.3. The van der Waals surface area contributed by atoms with Crippen LogP contribution < -0.4 is 5.73 Å². The molecule has 0 heterocycles. The molecule has 0 saturated heterocycles. The molecule has 1 aromatic carbocycles. The van der Waals surface area contributed by atoms with Gasteiger partial charge in [0.2, 0.25) is 10.0 Å². The van der Waals surface area contributed by atoms with E-state index >= 15 is 0 Å². The van der Waals surface area contributed by atoms with Gasteiger partial charge in [-0.25, -0.2) is 8.42 Å². The van der Waals surface area contributed by atoms with Gasteiger partial charge in [-0.1, -0.05) is 18.3 Å². The smallest absolute Gasteiger partial charge is 0.243 e. The molecule has 0 amide bonds. The Morgan fingerprint density at radius 2 is 1.85 bits per heavy atom. The molecule has 0 spiro atoms. The average molecular weight is 315 g/mol. The summed E-state index contributed by atoms with van der Waals surface area (Å²) in [5.41, 5.74) is 6.87. The van der Waals surface area contributed by atoms with Gasteiger partial charge in [0.05, 0.1) is 4.90 Å². The summed E-state index contributed by atoms with van der Waals surface area (Å²) in [5.74, 6) is 0. The highest BCUT2D eigenvalue weighted by molar-refractivity contribution is 7.89. The van der Waals surface area contributed by atoms with E-state index in [1.54, 1.807) is 32.2 Å². The number of nitrogens with zero attached hydrogens (tertiary/aromatic N) is 2. The maximum Gasteiger partial charge on any atom is 0.243 e. The van der Waals surface area contributed by atoms with Crippen molar-refractivity contribution in [3.05, 3.63) is 29.3 Å². The Bertz CT molecular complexity index is 598. The van der Waals surface area contributed by atoms with Gasteiger partial charge in [-0.2, -0.15) is 4.31 Å². The first-order valence-electron chi connectivity index (χ1n) is 6.17. The number of sulfonamides is 1. The molecule has 0 aromatic heterocycles. The van der Waals surface area contributed by atoms with Crippen LogP contribution in [-0.2, 0) is 10.0 Å². The predicted molar refractivity (Wildman–Crippen MR) is 85.4 cm³/mol. The largest absolute Gasteiger partial charge is 0.389 e. The van der Waals surface area contributed by atoms with Crippen LogP contribution in [0.4, 0.5) is 0 Å². The molecule has 1 rings (SSSR count). The number of benzene rings is 1. The van der Waals surface area contributed by atoms with Crippen LogP contribution in [0.3, 0.4) is 0 Å². The lowest BCUT2D eigenvalue weighted by molar-refractivity contribution is 0.358. The Balaban J connectivity index is 3.06. The molecule has 2 N–H and O–H groups in total. The topological polar surface area (TPSA) is 66.6 Å². The van der Waals surface area contributed by atoms with Crippen molar-refractivity contribution < 1.29 is 8.42 Å². The second kappa shape index (κ2) is 6.62. The van der Waals surface area contributed by atoms with Crippen molar-refractivity contribution in [3.8, 4) is 0 Å². The normalized spacial score (nSPS) is 12.1. The van der Waals surface area contributed by atoms with Crippen LogP contribution in [0, 0.1) is 6.92 Å². The fourth-order valence-corrected chi connectivity index (χ4v) is 3.21. The van der Waals surface area contributed by atoms with Gasteiger partial charge in [0.25, 0.3) is 0 Å². The van der Waals surface area contributed by atoms with Gasteiger partial charge in [-0.05, 0) is 38.7 Å². The number of thiocarbonyl (C=S) groups is 1. The van der Waals surface area contributed by atoms with Crippen LogP contribution in [0.5, 0.6) is 0 Å². The fraction of sp³-hybridized carbons (Fsp3) is 0.462. The molecule has 112 valence electrons. The molecule has 0 radical (unpaired) electrons. The van der Waals surface area contributed by atoms with Crippen molar-refractivity contribution in [2.24, 2.45) is 5.73 Å². The molecular formula is C13H21N3O2S2. The van der Waals surface area contributed by atoms with Gasteiger partial charge >= 0.3 is 0 Å². The molecule has 0 aliphatic carbocycles. The van der Waals surface area contributed by atoms with Gasteiger partial charge in [0, 0.05) is 25.7 Å². The number of likely N-dealkylation sites (N-methyl/N-ethyl adjacent to an activating group) is 2. The molecule has 0 aliphatic heterocycles. The van der Waals surface area contributed by atoms with E-state index in [2.05, 4.69) is 0 Å². The lowest BCUT2D eigenvalue weighted by atomic mass is 10.1. The summed E-state index contributed by atoms with van der Waals surface area (Å²) in [6.07, 6.45) is 0. The Hall–Kier alpha value is -1.02. The molecule has 1 aromatic rings. The number of rotatable bonds is 6. The predicted octanol–water partition coefficient (Wildman–Crippen LogP) is 0.811. The molecule has 0 fully saturated rings. The van der Waals surface area contributed by atoms with Gasteiger partial charge in [-0.15, -0.1) is 0 Å². The quantitative estimate of drug-likeness (QED) is 0.787. The van der Waals surface area contributed by atoms with Crippen molar-refractivity contribution in [1.29, 1.82) is 0 Å². The van der Waals surface area contributed by atoms with E-state index in [0.717, 1.165) is 0 Å². The van der Waals surface area contributed by atoms with Crippen LogP contribution in [-0.4, -0.2) is 56.8 Å².